The molecule has 156 valence electrons. The van der Waals surface area contributed by atoms with Gasteiger partial charge in [-0.1, -0.05) is 0 Å². The van der Waals surface area contributed by atoms with Crippen molar-refractivity contribution in [1.82, 2.24) is 25.0 Å². The number of aromatic nitrogens is 3. The molecular weight excluding hydrogens is 394 g/mol. The Morgan fingerprint density at radius 2 is 2.20 bits per heavy atom. The highest BCUT2D eigenvalue weighted by Crippen LogP contribution is 2.31. The second kappa shape index (κ2) is 8.41. The van der Waals surface area contributed by atoms with Crippen molar-refractivity contribution in [3.63, 3.8) is 0 Å². The van der Waals surface area contributed by atoms with E-state index in [2.05, 4.69) is 15.4 Å². The lowest BCUT2D eigenvalue weighted by atomic mass is 10.0. The van der Waals surface area contributed by atoms with Gasteiger partial charge in [0.15, 0.2) is 0 Å². The molecule has 2 aromatic heterocycles. The summed E-state index contributed by atoms with van der Waals surface area (Å²) in [5.74, 6) is -4.38. The van der Waals surface area contributed by atoms with Crippen LogP contribution in [-0.2, 0) is 11.8 Å². The third-order valence-electron chi connectivity index (χ3n) is 4.77. The van der Waals surface area contributed by atoms with Crippen molar-refractivity contribution in [3.05, 3.63) is 47.5 Å². The summed E-state index contributed by atoms with van der Waals surface area (Å²) in [6, 6.07) is 2.01. The molecule has 0 saturated carbocycles. The van der Waals surface area contributed by atoms with Gasteiger partial charge in [0, 0.05) is 48.7 Å². The average Bonchev–Trinajstić information content (AvgIpc) is 3.28. The molecule has 0 aromatic carbocycles. The van der Waals surface area contributed by atoms with Crippen molar-refractivity contribution in [2.75, 3.05) is 13.1 Å². The summed E-state index contributed by atoms with van der Waals surface area (Å²) in [5.41, 5.74) is 2.55. The number of hydrogen-bond acceptors (Lipinski definition) is 5. The maximum absolute atomic E-state index is 13.5. The van der Waals surface area contributed by atoms with Crippen molar-refractivity contribution in [3.8, 4) is 6.07 Å². The molecule has 1 fully saturated rings. The number of halogens is 2. The summed E-state index contributed by atoms with van der Waals surface area (Å²) in [5, 5.41) is 15.6. The monoisotopic (exact) mass is 414 g/mol. The second-order valence-electron chi connectivity index (χ2n) is 7.10. The molecule has 1 unspecified atom stereocenters. The van der Waals surface area contributed by atoms with Crippen LogP contribution in [0.15, 0.2) is 30.9 Å². The Hall–Kier alpha value is -3.61. The SMILES string of the molecule is C/C(=C\c1cnccc1C(=O)NCC(=O)N1CC(F)(F)CC1C#N)c1cnn(C)c1. The van der Waals surface area contributed by atoms with Crippen LogP contribution in [0.1, 0.15) is 34.8 Å². The number of hydrogen-bond donors (Lipinski definition) is 1. The fraction of sp³-hybridized carbons (Fsp3) is 0.350. The third-order valence-corrected chi connectivity index (χ3v) is 4.77. The van der Waals surface area contributed by atoms with E-state index in [1.165, 1.54) is 18.5 Å². The van der Waals surface area contributed by atoms with E-state index in [-0.39, 0.29) is 5.56 Å². The minimum absolute atomic E-state index is 0.282. The van der Waals surface area contributed by atoms with Crippen LogP contribution >= 0.6 is 0 Å². The molecule has 1 atom stereocenters. The van der Waals surface area contributed by atoms with Crippen molar-refractivity contribution in [1.29, 1.82) is 5.26 Å². The quantitative estimate of drug-likeness (QED) is 0.804. The lowest BCUT2D eigenvalue weighted by Crippen LogP contribution is -2.43. The Bertz CT molecular complexity index is 1040. The molecule has 2 amide bonds. The number of allylic oxidation sites excluding steroid dienone is 1. The normalized spacial score (nSPS) is 18.2. The predicted octanol–water partition coefficient (Wildman–Crippen LogP) is 1.87. The Labute approximate surface area is 171 Å². The van der Waals surface area contributed by atoms with Gasteiger partial charge in [-0.3, -0.25) is 19.3 Å². The molecule has 1 N–H and O–H groups in total. The van der Waals surface area contributed by atoms with E-state index in [4.69, 9.17) is 5.26 Å². The molecule has 8 nitrogen and oxygen atoms in total. The molecule has 10 heteroatoms. The fourth-order valence-electron chi connectivity index (χ4n) is 3.22. The van der Waals surface area contributed by atoms with Gasteiger partial charge >= 0.3 is 0 Å². The van der Waals surface area contributed by atoms with Gasteiger partial charge in [-0.05, 0) is 24.6 Å². The molecule has 1 saturated heterocycles. The summed E-state index contributed by atoms with van der Waals surface area (Å²) in [7, 11) is 1.80. The van der Waals surface area contributed by atoms with Gasteiger partial charge in [0.1, 0.15) is 6.04 Å². The topological polar surface area (TPSA) is 104 Å². The highest BCUT2D eigenvalue weighted by Gasteiger charge is 2.47. The summed E-state index contributed by atoms with van der Waals surface area (Å²) < 4.78 is 28.7. The van der Waals surface area contributed by atoms with Crippen molar-refractivity contribution >= 4 is 23.5 Å². The Balaban J connectivity index is 1.71. The first-order chi connectivity index (χ1) is 14.2. The number of nitriles is 1. The van der Waals surface area contributed by atoms with Gasteiger partial charge in [0.25, 0.3) is 11.8 Å². The maximum atomic E-state index is 13.5. The second-order valence-corrected chi connectivity index (χ2v) is 7.10. The summed E-state index contributed by atoms with van der Waals surface area (Å²) >= 11 is 0. The zero-order valence-electron chi connectivity index (χ0n) is 16.5. The molecule has 1 aliphatic heterocycles. The Morgan fingerprint density at radius 1 is 1.43 bits per heavy atom. The minimum Gasteiger partial charge on any atom is -0.343 e. The van der Waals surface area contributed by atoms with Crippen LogP contribution in [0.3, 0.4) is 0 Å². The molecule has 0 radical (unpaired) electrons. The zero-order valence-corrected chi connectivity index (χ0v) is 16.5. The molecule has 1 aliphatic rings. The largest absolute Gasteiger partial charge is 0.343 e. The fourth-order valence-corrected chi connectivity index (χ4v) is 3.22. The molecule has 0 bridgehead atoms. The molecule has 0 spiro atoms. The minimum atomic E-state index is -3.10. The summed E-state index contributed by atoms with van der Waals surface area (Å²) in [6.07, 6.45) is 7.56. The first-order valence-electron chi connectivity index (χ1n) is 9.16. The lowest BCUT2D eigenvalue weighted by molar-refractivity contribution is -0.131. The molecule has 0 aliphatic carbocycles. The van der Waals surface area contributed by atoms with Crippen LogP contribution in [-0.4, -0.2) is 56.5 Å². The van der Waals surface area contributed by atoms with Crippen molar-refractivity contribution in [2.45, 2.75) is 25.3 Å². The predicted molar refractivity (Wildman–Crippen MR) is 104 cm³/mol. The smallest absolute Gasteiger partial charge is 0.268 e. The summed E-state index contributed by atoms with van der Waals surface area (Å²) in [4.78, 5) is 29.7. The van der Waals surface area contributed by atoms with E-state index in [9.17, 15) is 18.4 Å². The Kier molecular flexibility index (Phi) is 5.91. The van der Waals surface area contributed by atoms with Crippen LogP contribution < -0.4 is 5.32 Å². The van der Waals surface area contributed by atoms with Crippen LogP contribution in [0.4, 0.5) is 8.78 Å². The highest BCUT2D eigenvalue weighted by atomic mass is 19.3. The third kappa shape index (κ3) is 4.68. The van der Waals surface area contributed by atoms with Crippen LogP contribution in [0.5, 0.6) is 0 Å². The van der Waals surface area contributed by atoms with Crippen LogP contribution in [0.25, 0.3) is 11.6 Å². The van der Waals surface area contributed by atoms with E-state index in [0.717, 1.165) is 16.0 Å². The lowest BCUT2D eigenvalue weighted by Gasteiger charge is -2.19. The van der Waals surface area contributed by atoms with Crippen LogP contribution in [0.2, 0.25) is 0 Å². The highest BCUT2D eigenvalue weighted by molar-refractivity contribution is 6.00. The van der Waals surface area contributed by atoms with Crippen LogP contribution in [0, 0.1) is 11.3 Å². The molecule has 3 heterocycles. The van der Waals surface area contributed by atoms with E-state index >= 15 is 0 Å². The number of pyridine rings is 1. The van der Waals surface area contributed by atoms with Gasteiger partial charge in [-0.15, -0.1) is 0 Å². The number of nitrogens with zero attached hydrogens (tertiary/aromatic N) is 5. The molecule has 30 heavy (non-hydrogen) atoms. The van der Waals surface area contributed by atoms with Gasteiger partial charge in [-0.2, -0.15) is 10.4 Å². The number of amides is 2. The number of carbonyl (C=O) groups is 2. The van der Waals surface area contributed by atoms with Crippen molar-refractivity contribution < 1.29 is 18.4 Å². The van der Waals surface area contributed by atoms with Gasteiger partial charge in [0.2, 0.25) is 5.91 Å². The Morgan fingerprint density at radius 3 is 2.87 bits per heavy atom. The van der Waals surface area contributed by atoms with E-state index in [1.807, 2.05) is 13.1 Å². The summed E-state index contributed by atoms with van der Waals surface area (Å²) in [6.45, 7) is 0.554. The van der Waals surface area contributed by atoms with Gasteiger partial charge in [-0.25, -0.2) is 8.78 Å². The van der Waals surface area contributed by atoms with Gasteiger partial charge < -0.3 is 10.2 Å². The number of likely N-dealkylation sites (tertiary alicyclic amines) is 1. The maximum Gasteiger partial charge on any atom is 0.268 e. The number of aryl methyl sites for hydroxylation is 1. The zero-order chi connectivity index (χ0) is 21.9. The van der Waals surface area contributed by atoms with Gasteiger partial charge in [0.05, 0.1) is 25.4 Å². The van der Waals surface area contributed by atoms with E-state index in [0.29, 0.717) is 5.56 Å². The molecular formula is C20H20F2N6O2. The first-order valence-corrected chi connectivity index (χ1v) is 9.16. The van der Waals surface area contributed by atoms with Crippen molar-refractivity contribution in [2.24, 2.45) is 7.05 Å². The first kappa shape index (κ1) is 21.1. The average molecular weight is 414 g/mol. The number of nitrogens with one attached hydrogen (secondary N) is 1. The molecule has 2 aromatic rings. The number of rotatable bonds is 5. The number of alkyl halides is 2. The number of carbonyl (C=O) groups excluding carboxylic acids is 2. The van der Waals surface area contributed by atoms with E-state index in [1.54, 1.807) is 30.1 Å². The molecule has 3 rings (SSSR count). The van der Waals surface area contributed by atoms with E-state index < -0.39 is 43.3 Å². The standard InChI is InChI=1S/C20H20F2N6O2/c1-13(15-9-26-27(2)11-15)5-14-8-24-4-3-17(14)19(30)25-10-18(29)28-12-20(21,22)6-16(28)7-23/h3-5,8-9,11,16H,6,10,12H2,1-2H3,(H,25,30)/b13-5+.